The van der Waals surface area contributed by atoms with Crippen LogP contribution in [0.3, 0.4) is 0 Å². The zero-order chi connectivity index (χ0) is 14.3. The van der Waals surface area contributed by atoms with Crippen LogP contribution in [0, 0.1) is 10.6 Å². The third-order valence-electron chi connectivity index (χ3n) is 2.97. The molecule has 0 unspecified atom stereocenters. The van der Waals surface area contributed by atoms with Gasteiger partial charge in [-0.2, -0.15) is 0 Å². The lowest BCUT2D eigenvalue weighted by atomic mass is 10.2. The highest BCUT2D eigenvalue weighted by molar-refractivity contribution is 7.71. The second-order valence-electron chi connectivity index (χ2n) is 4.25. The number of fused-ring (bicyclic) bond motifs is 1. The van der Waals surface area contributed by atoms with Gasteiger partial charge in [0, 0.05) is 10.4 Å². The van der Waals surface area contributed by atoms with Gasteiger partial charge >= 0.3 is 0 Å². The Morgan fingerprint density at radius 2 is 1.85 bits per heavy atom. The van der Waals surface area contributed by atoms with Gasteiger partial charge < -0.3 is 5.73 Å². The molecule has 0 atom stereocenters. The molecular weight excluding hydrogens is 297 g/mol. The highest BCUT2D eigenvalue weighted by atomic mass is 35.5. The third-order valence-corrected chi connectivity index (χ3v) is 3.48. The van der Waals surface area contributed by atoms with E-state index in [1.807, 2.05) is 0 Å². The van der Waals surface area contributed by atoms with Crippen LogP contribution in [0.15, 0.2) is 42.5 Å². The van der Waals surface area contributed by atoms with Crippen molar-refractivity contribution >= 4 is 40.5 Å². The van der Waals surface area contributed by atoms with Crippen molar-refractivity contribution < 1.29 is 4.39 Å². The van der Waals surface area contributed by atoms with E-state index in [0.717, 1.165) is 0 Å². The number of hydrogen-bond acceptors (Lipinski definition) is 3. The second kappa shape index (κ2) is 4.85. The molecule has 20 heavy (non-hydrogen) atoms. The maximum Gasteiger partial charge on any atom is 0.206 e. The number of nitrogens with zero attached hydrogens (tertiary/aromatic N) is 2. The van der Waals surface area contributed by atoms with Crippen LogP contribution in [0.5, 0.6) is 0 Å². The van der Waals surface area contributed by atoms with Crippen LogP contribution < -0.4 is 5.73 Å². The van der Waals surface area contributed by atoms with Crippen molar-refractivity contribution in [3.05, 3.63) is 58.1 Å². The minimum absolute atomic E-state index is 0.309. The Balaban J connectivity index is 2.35. The summed E-state index contributed by atoms with van der Waals surface area (Å²) >= 11 is 11.2. The first-order valence-corrected chi connectivity index (χ1v) is 6.58. The number of nitrogens with two attached hydrogens (primary N) is 1. The first-order valence-electron chi connectivity index (χ1n) is 5.80. The molecule has 2 aromatic carbocycles. The van der Waals surface area contributed by atoms with E-state index in [-0.39, 0.29) is 5.82 Å². The van der Waals surface area contributed by atoms with Crippen molar-refractivity contribution in [1.29, 1.82) is 0 Å². The molecule has 0 aliphatic rings. The summed E-state index contributed by atoms with van der Waals surface area (Å²) in [5, 5.41) is 1.27. The van der Waals surface area contributed by atoms with E-state index >= 15 is 0 Å². The van der Waals surface area contributed by atoms with Crippen molar-refractivity contribution in [3.63, 3.8) is 0 Å². The Hall–Kier alpha value is -1.98. The summed E-state index contributed by atoms with van der Waals surface area (Å²) in [7, 11) is 0. The zero-order valence-corrected chi connectivity index (χ0v) is 11.7. The smallest absolute Gasteiger partial charge is 0.206 e. The molecule has 1 aromatic heterocycles. The molecule has 0 aliphatic carbocycles. The van der Waals surface area contributed by atoms with Crippen molar-refractivity contribution in [1.82, 2.24) is 9.55 Å². The van der Waals surface area contributed by atoms with E-state index in [1.165, 1.54) is 12.1 Å². The van der Waals surface area contributed by atoms with Gasteiger partial charge in [0.15, 0.2) is 0 Å². The van der Waals surface area contributed by atoms with E-state index < -0.39 is 0 Å². The van der Waals surface area contributed by atoms with Crippen LogP contribution in [0.25, 0.3) is 16.6 Å². The molecule has 2 N–H and O–H groups in total. The lowest BCUT2D eigenvalue weighted by Crippen LogP contribution is -2.07. The lowest BCUT2D eigenvalue weighted by Gasteiger charge is -2.13. The predicted octanol–water partition coefficient (Wildman–Crippen LogP) is 4.13. The van der Waals surface area contributed by atoms with Gasteiger partial charge in [-0.1, -0.05) is 11.6 Å². The number of nitrogen functional groups attached to an aromatic ring is 1. The fourth-order valence-corrected chi connectivity index (χ4v) is 2.50. The predicted molar refractivity (Wildman–Crippen MR) is 81.3 cm³/mol. The standard InChI is InChI=1S/C14H9ClFN3S/c15-8-1-6-12-11(7-8)13(17)19(14(20)18-12)10-4-2-9(16)3-5-10/h1-7H,17H2. The highest BCUT2D eigenvalue weighted by Gasteiger charge is 2.09. The second-order valence-corrected chi connectivity index (χ2v) is 5.05. The normalized spacial score (nSPS) is 10.9. The van der Waals surface area contributed by atoms with Gasteiger partial charge in [0.25, 0.3) is 0 Å². The zero-order valence-electron chi connectivity index (χ0n) is 10.2. The molecule has 0 saturated heterocycles. The minimum atomic E-state index is -0.323. The largest absolute Gasteiger partial charge is 0.384 e. The van der Waals surface area contributed by atoms with Crippen LogP contribution in [0.4, 0.5) is 10.2 Å². The average molecular weight is 306 g/mol. The minimum Gasteiger partial charge on any atom is -0.384 e. The van der Waals surface area contributed by atoms with Crippen LogP contribution >= 0.6 is 23.8 Å². The van der Waals surface area contributed by atoms with Gasteiger partial charge in [-0.05, 0) is 54.7 Å². The summed E-state index contributed by atoms with van der Waals surface area (Å²) in [5.41, 5.74) is 7.49. The average Bonchev–Trinajstić information content (AvgIpc) is 2.42. The van der Waals surface area contributed by atoms with Gasteiger partial charge in [-0.15, -0.1) is 0 Å². The maximum atomic E-state index is 13.0. The van der Waals surface area contributed by atoms with Crippen molar-refractivity contribution in [2.45, 2.75) is 0 Å². The number of benzene rings is 2. The Kier molecular flexibility index (Phi) is 3.16. The molecular formula is C14H9ClFN3S. The van der Waals surface area contributed by atoms with Gasteiger partial charge in [-0.3, -0.25) is 4.57 Å². The quantitative estimate of drug-likeness (QED) is 0.687. The van der Waals surface area contributed by atoms with Crippen molar-refractivity contribution in [2.24, 2.45) is 0 Å². The molecule has 3 rings (SSSR count). The fourth-order valence-electron chi connectivity index (χ4n) is 2.03. The van der Waals surface area contributed by atoms with E-state index in [0.29, 0.717) is 32.2 Å². The van der Waals surface area contributed by atoms with Gasteiger partial charge in [0.05, 0.1) is 11.2 Å². The summed E-state index contributed by atoms with van der Waals surface area (Å²) in [6, 6.07) is 11.1. The van der Waals surface area contributed by atoms with Crippen LogP contribution in [0.2, 0.25) is 5.02 Å². The molecule has 0 amide bonds. The summed E-state index contributed by atoms with van der Waals surface area (Å²) in [6.07, 6.45) is 0. The van der Waals surface area contributed by atoms with Gasteiger partial charge in [0.2, 0.25) is 4.77 Å². The number of halogens is 2. The summed E-state index contributed by atoms with van der Waals surface area (Å²) in [5.74, 6) is 0.102. The molecule has 0 fully saturated rings. The molecule has 3 nitrogen and oxygen atoms in total. The Labute approximate surface area is 124 Å². The highest BCUT2D eigenvalue weighted by Crippen LogP contribution is 2.26. The molecule has 0 radical (unpaired) electrons. The Morgan fingerprint density at radius 1 is 1.15 bits per heavy atom. The van der Waals surface area contributed by atoms with Crippen LogP contribution in [0.1, 0.15) is 0 Å². The summed E-state index contributed by atoms with van der Waals surface area (Å²) < 4.78 is 14.9. The Morgan fingerprint density at radius 3 is 2.55 bits per heavy atom. The van der Waals surface area contributed by atoms with E-state index in [2.05, 4.69) is 4.98 Å². The van der Waals surface area contributed by atoms with Gasteiger partial charge in [-0.25, -0.2) is 9.37 Å². The molecule has 6 heteroatoms. The monoisotopic (exact) mass is 305 g/mol. The first kappa shape index (κ1) is 13.0. The lowest BCUT2D eigenvalue weighted by molar-refractivity contribution is 0.627. The fraction of sp³-hybridized carbons (Fsp3) is 0. The summed E-state index contributed by atoms with van der Waals surface area (Å²) in [6.45, 7) is 0. The number of hydrogen-bond donors (Lipinski definition) is 1. The molecule has 0 saturated carbocycles. The molecule has 100 valence electrons. The topological polar surface area (TPSA) is 43.8 Å². The first-order chi connectivity index (χ1) is 9.56. The number of anilines is 1. The molecule has 0 aliphatic heterocycles. The molecule has 1 heterocycles. The SMILES string of the molecule is Nc1c2cc(Cl)ccc2nc(=S)n1-c1ccc(F)cc1. The van der Waals surface area contributed by atoms with Crippen molar-refractivity contribution in [3.8, 4) is 5.69 Å². The number of rotatable bonds is 1. The van der Waals surface area contributed by atoms with E-state index in [9.17, 15) is 4.39 Å². The van der Waals surface area contributed by atoms with E-state index in [1.54, 1.807) is 34.9 Å². The summed E-state index contributed by atoms with van der Waals surface area (Å²) in [4.78, 5) is 4.32. The molecule has 0 spiro atoms. The Bertz CT molecular complexity index is 859. The van der Waals surface area contributed by atoms with Crippen LogP contribution in [-0.2, 0) is 0 Å². The molecule has 0 bridgehead atoms. The third kappa shape index (κ3) is 2.15. The maximum absolute atomic E-state index is 13.0. The van der Waals surface area contributed by atoms with E-state index in [4.69, 9.17) is 29.6 Å². The van der Waals surface area contributed by atoms with Crippen molar-refractivity contribution in [2.75, 3.05) is 5.73 Å². The van der Waals surface area contributed by atoms with Crippen LogP contribution in [-0.4, -0.2) is 9.55 Å². The number of aromatic nitrogens is 2. The molecule has 3 aromatic rings. The van der Waals surface area contributed by atoms with Gasteiger partial charge in [0.1, 0.15) is 11.6 Å².